The van der Waals surface area contributed by atoms with Gasteiger partial charge in [0.2, 0.25) is 0 Å². The Bertz CT molecular complexity index is 241. The summed E-state index contributed by atoms with van der Waals surface area (Å²) in [5.41, 5.74) is 0. The molecule has 2 fully saturated rings. The monoisotopic (exact) mass is 196 g/mol. The van der Waals surface area contributed by atoms with Crippen molar-refractivity contribution >= 4 is 11.6 Å². The van der Waals surface area contributed by atoms with Gasteiger partial charge in [0.25, 0.3) is 0 Å². The molecule has 1 heterocycles. The van der Waals surface area contributed by atoms with Crippen LogP contribution in [0.15, 0.2) is 0 Å². The lowest BCUT2D eigenvalue weighted by Crippen LogP contribution is -2.32. The van der Waals surface area contributed by atoms with Crippen LogP contribution in [0, 0.1) is 11.8 Å². The molecule has 0 aromatic carbocycles. The Morgan fingerprint density at radius 1 is 1.29 bits per heavy atom. The van der Waals surface area contributed by atoms with E-state index < -0.39 is 0 Å². The highest BCUT2D eigenvalue weighted by atomic mass is 16.5. The third kappa shape index (κ3) is 1.87. The highest BCUT2D eigenvalue weighted by molar-refractivity contribution is 6.03. The number of ketones is 2. The summed E-state index contributed by atoms with van der Waals surface area (Å²) in [6, 6.07) is 0. The molecule has 0 bridgehead atoms. The quantitative estimate of drug-likeness (QED) is 0.626. The topological polar surface area (TPSA) is 43.4 Å². The maximum Gasteiger partial charge on any atom is 0.148 e. The van der Waals surface area contributed by atoms with Crippen molar-refractivity contribution in [1.29, 1.82) is 0 Å². The van der Waals surface area contributed by atoms with Gasteiger partial charge in [-0.25, -0.2) is 0 Å². The first-order valence-electron chi connectivity index (χ1n) is 5.43. The molecule has 0 aromatic rings. The molecule has 3 nitrogen and oxygen atoms in total. The van der Waals surface area contributed by atoms with Gasteiger partial charge < -0.3 is 4.74 Å². The summed E-state index contributed by atoms with van der Waals surface area (Å²) in [6.45, 7) is 1.21. The average Bonchev–Trinajstić information content (AvgIpc) is 2.70. The molecule has 0 radical (unpaired) electrons. The number of carbonyl (C=O) groups excluding carboxylic acids is 2. The number of ether oxygens (including phenoxy) is 1. The van der Waals surface area contributed by atoms with E-state index in [2.05, 4.69) is 0 Å². The van der Waals surface area contributed by atoms with Crippen molar-refractivity contribution in [1.82, 2.24) is 0 Å². The van der Waals surface area contributed by atoms with Gasteiger partial charge in [-0.2, -0.15) is 0 Å². The molecular formula is C11H16O3. The van der Waals surface area contributed by atoms with Gasteiger partial charge in [0.15, 0.2) is 0 Å². The van der Waals surface area contributed by atoms with Crippen molar-refractivity contribution in [3.05, 3.63) is 0 Å². The fourth-order valence-electron chi connectivity index (χ4n) is 2.33. The van der Waals surface area contributed by atoms with Gasteiger partial charge in [-0.3, -0.25) is 9.59 Å². The lowest BCUT2D eigenvalue weighted by molar-refractivity contribution is -0.136. The molecule has 1 saturated carbocycles. The first-order chi connectivity index (χ1) is 6.79. The summed E-state index contributed by atoms with van der Waals surface area (Å²) in [6.07, 6.45) is 4.17. The molecule has 1 aliphatic carbocycles. The van der Waals surface area contributed by atoms with E-state index in [1.165, 1.54) is 0 Å². The minimum atomic E-state index is -0.296. The van der Waals surface area contributed by atoms with E-state index in [1.54, 1.807) is 0 Å². The van der Waals surface area contributed by atoms with Crippen LogP contribution in [0.1, 0.15) is 32.1 Å². The van der Waals surface area contributed by atoms with E-state index in [4.69, 9.17) is 4.74 Å². The van der Waals surface area contributed by atoms with Gasteiger partial charge in [-0.1, -0.05) is 6.42 Å². The molecule has 2 aliphatic rings. The highest BCUT2D eigenvalue weighted by Crippen LogP contribution is 2.26. The molecule has 2 rings (SSSR count). The third-order valence-electron chi connectivity index (χ3n) is 3.23. The van der Waals surface area contributed by atoms with Crippen molar-refractivity contribution in [3.8, 4) is 0 Å². The van der Waals surface area contributed by atoms with Crippen molar-refractivity contribution in [2.24, 2.45) is 11.8 Å². The third-order valence-corrected chi connectivity index (χ3v) is 3.23. The molecule has 2 atom stereocenters. The fourth-order valence-corrected chi connectivity index (χ4v) is 2.33. The zero-order chi connectivity index (χ0) is 9.97. The molecule has 2 unspecified atom stereocenters. The maximum atomic E-state index is 11.9. The second-order valence-electron chi connectivity index (χ2n) is 4.23. The number of carbonyl (C=O) groups is 2. The number of rotatable bonds is 2. The van der Waals surface area contributed by atoms with Gasteiger partial charge in [0, 0.05) is 18.9 Å². The largest absolute Gasteiger partial charge is 0.381 e. The molecular weight excluding hydrogens is 180 g/mol. The van der Waals surface area contributed by atoms with Crippen molar-refractivity contribution in [3.63, 3.8) is 0 Å². The summed E-state index contributed by atoms with van der Waals surface area (Å²) in [5.74, 6) is 0.0119. The molecule has 14 heavy (non-hydrogen) atoms. The minimum Gasteiger partial charge on any atom is -0.381 e. The summed E-state index contributed by atoms with van der Waals surface area (Å²) in [4.78, 5) is 23.4. The zero-order valence-electron chi connectivity index (χ0n) is 8.33. The van der Waals surface area contributed by atoms with Gasteiger partial charge >= 0.3 is 0 Å². The lowest BCUT2D eigenvalue weighted by atomic mass is 9.80. The summed E-state index contributed by atoms with van der Waals surface area (Å²) in [7, 11) is 0. The highest BCUT2D eigenvalue weighted by Gasteiger charge is 2.34. The normalized spacial score (nSPS) is 33.3. The van der Waals surface area contributed by atoms with Crippen molar-refractivity contribution in [2.75, 3.05) is 13.2 Å². The van der Waals surface area contributed by atoms with E-state index in [0.29, 0.717) is 19.6 Å². The predicted molar refractivity (Wildman–Crippen MR) is 50.9 cm³/mol. The second kappa shape index (κ2) is 4.22. The first kappa shape index (κ1) is 9.84. The van der Waals surface area contributed by atoms with Gasteiger partial charge in [0.1, 0.15) is 11.6 Å². The minimum absolute atomic E-state index is 0.00190. The van der Waals surface area contributed by atoms with Crippen LogP contribution >= 0.6 is 0 Å². The van der Waals surface area contributed by atoms with Crippen LogP contribution in [0.5, 0.6) is 0 Å². The molecule has 3 heteroatoms. The molecule has 1 aliphatic heterocycles. The molecule has 78 valence electrons. The summed E-state index contributed by atoms with van der Waals surface area (Å²) in [5, 5.41) is 0. The van der Waals surface area contributed by atoms with Crippen molar-refractivity contribution < 1.29 is 14.3 Å². The Hall–Kier alpha value is -0.700. The van der Waals surface area contributed by atoms with Crippen molar-refractivity contribution in [2.45, 2.75) is 32.1 Å². The van der Waals surface area contributed by atoms with E-state index in [0.717, 1.165) is 25.7 Å². The number of hydrogen-bond acceptors (Lipinski definition) is 3. The predicted octanol–water partition coefficient (Wildman–Crippen LogP) is 1.35. The van der Waals surface area contributed by atoms with Crippen LogP contribution < -0.4 is 0 Å². The van der Waals surface area contributed by atoms with E-state index >= 15 is 0 Å². The average molecular weight is 196 g/mol. The van der Waals surface area contributed by atoms with Crippen LogP contribution in [-0.2, 0) is 14.3 Å². The molecule has 1 saturated heterocycles. The van der Waals surface area contributed by atoms with Crippen LogP contribution in [0.25, 0.3) is 0 Å². The smallest absolute Gasteiger partial charge is 0.148 e. The van der Waals surface area contributed by atoms with E-state index in [1.807, 2.05) is 0 Å². The van der Waals surface area contributed by atoms with Crippen LogP contribution in [0.2, 0.25) is 0 Å². The Balaban J connectivity index is 1.98. The number of Topliss-reactive ketones (excluding diaryl/α,β-unsaturated/α-hetero) is 2. The van der Waals surface area contributed by atoms with E-state index in [-0.39, 0.29) is 23.4 Å². The second-order valence-corrected chi connectivity index (χ2v) is 4.23. The summed E-state index contributed by atoms with van der Waals surface area (Å²) < 4.78 is 5.17. The standard InChI is InChI=1S/C11H16O3/c12-10-4-2-1-3-9(10)11(13)8-5-6-14-7-8/h8-9H,1-7H2. The SMILES string of the molecule is O=C1CCCCC1C(=O)C1CCOC1. The molecule has 0 aromatic heterocycles. The summed E-state index contributed by atoms with van der Waals surface area (Å²) >= 11 is 0. The zero-order valence-corrected chi connectivity index (χ0v) is 8.33. The Morgan fingerprint density at radius 3 is 2.79 bits per heavy atom. The fraction of sp³-hybridized carbons (Fsp3) is 0.818. The van der Waals surface area contributed by atoms with E-state index in [9.17, 15) is 9.59 Å². The van der Waals surface area contributed by atoms with Gasteiger partial charge in [-0.05, 0) is 19.3 Å². The van der Waals surface area contributed by atoms with Crippen LogP contribution in [0.4, 0.5) is 0 Å². The Labute approximate surface area is 83.8 Å². The molecule has 0 amide bonds. The number of hydrogen-bond donors (Lipinski definition) is 0. The maximum absolute atomic E-state index is 11.9. The first-order valence-corrected chi connectivity index (χ1v) is 5.43. The molecule has 0 N–H and O–H groups in total. The van der Waals surface area contributed by atoms with Gasteiger partial charge in [-0.15, -0.1) is 0 Å². The Morgan fingerprint density at radius 2 is 2.14 bits per heavy atom. The Kier molecular flexibility index (Phi) is 2.96. The molecule has 0 spiro atoms. The van der Waals surface area contributed by atoms with Crippen LogP contribution in [-0.4, -0.2) is 24.8 Å². The van der Waals surface area contributed by atoms with Crippen LogP contribution in [0.3, 0.4) is 0 Å². The lowest BCUT2D eigenvalue weighted by Gasteiger charge is -2.21. The van der Waals surface area contributed by atoms with Gasteiger partial charge in [0.05, 0.1) is 12.5 Å².